The molecule has 1 aromatic rings. The van der Waals surface area contributed by atoms with E-state index in [4.69, 9.17) is 4.52 Å². The van der Waals surface area contributed by atoms with Crippen molar-refractivity contribution >= 4 is 5.91 Å². The van der Waals surface area contributed by atoms with E-state index in [0.717, 1.165) is 12.8 Å². The molecular formula is C14H18F3N3O2. The molecule has 1 aliphatic carbocycles. The fourth-order valence-electron chi connectivity index (χ4n) is 2.84. The van der Waals surface area contributed by atoms with E-state index in [2.05, 4.69) is 10.5 Å². The van der Waals surface area contributed by atoms with Gasteiger partial charge in [-0.25, -0.2) is 0 Å². The Labute approximate surface area is 125 Å². The summed E-state index contributed by atoms with van der Waals surface area (Å²) in [5, 5.41) is 6.51. The van der Waals surface area contributed by atoms with Gasteiger partial charge in [-0.15, -0.1) is 0 Å². The van der Waals surface area contributed by atoms with Crippen LogP contribution in [0.25, 0.3) is 0 Å². The lowest BCUT2D eigenvalue weighted by molar-refractivity contribution is -0.143. The lowest BCUT2D eigenvalue weighted by Gasteiger charge is -2.18. The van der Waals surface area contributed by atoms with Crippen molar-refractivity contribution < 1.29 is 22.5 Å². The standard InChI is InChI=1S/C14H18F3N3O2/c1-8-5-20(7-14(15,16)17)6-11(8)18-13(21)10-4-12(22-19-10)9-2-3-9/h4,8-9,11H,2-3,5-7H2,1H3,(H,18,21). The minimum Gasteiger partial charge on any atom is -0.360 e. The highest BCUT2D eigenvalue weighted by Gasteiger charge is 2.38. The van der Waals surface area contributed by atoms with Gasteiger partial charge in [-0.3, -0.25) is 9.69 Å². The number of aromatic nitrogens is 1. The molecule has 3 rings (SSSR count). The Bertz CT molecular complexity index is 554. The molecule has 2 heterocycles. The van der Waals surface area contributed by atoms with Crippen molar-refractivity contribution in [2.24, 2.45) is 5.92 Å². The van der Waals surface area contributed by atoms with Crippen LogP contribution >= 0.6 is 0 Å². The highest BCUT2D eigenvalue weighted by molar-refractivity contribution is 5.92. The molecule has 1 saturated heterocycles. The number of hydrogen-bond acceptors (Lipinski definition) is 4. The minimum absolute atomic E-state index is 0.0406. The Hall–Kier alpha value is -1.57. The van der Waals surface area contributed by atoms with Crippen molar-refractivity contribution in [1.82, 2.24) is 15.4 Å². The SMILES string of the molecule is CC1CN(CC(F)(F)F)CC1NC(=O)c1cc(C2CC2)on1. The van der Waals surface area contributed by atoms with E-state index in [9.17, 15) is 18.0 Å². The van der Waals surface area contributed by atoms with Crippen LogP contribution in [0.15, 0.2) is 10.6 Å². The summed E-state index contributed by atoms with van der Waals surface area (Å²) in [7, 11) is 0. The summed E-state index contributed by atoms with van der Waals surface area (Å²) in [5.74, 6) is 0.646. The van der Waals surface area contributed by atoms with E-state index < -0.39 is 12.7 Å². The number of alkyl halides is 3. The topological polar surface area (TPSA) is 58.4 Å². The van der Waals surface area contributed by atoms with E-state index in [1.54, 1.807) is 6.07 Å². The van der Waals surface area contributed by atoms with Crippen LogP contribution in [-0.4, -0.2) is 47.8 Å². The molecule has 0 radical (unpaired) electrons. The molecule has 1 N–H and O–H groups in total. The van der Waals surface area contributed by atoms with Crippen LogP contribution in [0.5, 0.6) is 0 Å². The van der Waals surface area contributed by atoms with Gasteiger partial charge >= 0.3 is 6.18 Å². The van der Waals surface area contributed by atoms with Crippen molar-refractivity contribution in [1.29, 1.82) is 0 Å². The Balaban J connectivity index is 1.56. The van der Waals surface area contributed by atoms with Crippen molar-refractivity contribution in [3.63, 3.8) is 0 Å². The monoisotopic (exact) mass is 317 g/mol. The van der Waals surface area contributed by atoms with Gasteiger partial charge in [0.05, 0.1) is 6.54 Å². The van der Waals surface area contributed by atoms with Crippen molar-refractivity contribution in [3.8, 4) is 0 Å². The van der Waals surface area contributed by atoms with Crippen molar-refractivity contribution in [3.05, 3.63) is 17.5 Å². The van der Waals surface area contributed by atoms with Gasteiger partial charge in [-0.1, -0.05) is 12.1 Å². The summed E-state index contributed by atoms with van der Waals surface area (Å²) in [6, 6.07) is 1.32. The van der Waals surface area contributed by atoms with Crippen molar-refractivity contribution in [2.45, 2.75) is 37.9 Å². The van der Waals surface area contributed by atoms with Crippen LogP contribution in [-0.2, 0) is 0 Å². The van der Waals surface area contributed by atoms with Gasteiger partial charge in [0, 0.05) is 31.1 Å². The maximum absolute atomic E-state index is 12.4. The molecule has 2 aliphatic rings. The predicted molar refractivity (Wildman–Crippen MR) is 71.4 cm³/mol. The molecule has 22 heavy (non-hydrogen) atoms. The van der Waals surface area contributed by atoms with E-state index in [1.807, 2.05) is 6.92 Å². The molecule has 2 unspecified atom stereocenters. The highest BCUT2D eigenvalue weighted by atomic mass is 19.4. The first-order valence-corrected chi connectivity index (χ1v) is 7.38. The second kappa shape index (κ2) is 5.57. The molecule has 1 aromatic heterocycles. The zero-order valence-electron chi connectivity index (χ0n) is 12.2. The summed E-state index contributed by atoms with van der Waals surface area (Å²) in [4.78, 5) is 13.4. The largest absolute Gasteiger partial charge is 0.401 e. The first-order chi connectivity index (χ1) is 10.3. The number of rotatable bonds is 4. The van der Waals surface area contributed by atoms with Crippen LogP contribution in [0.2, 0.25) is 0 Å². The molecule has 1 aliphatic heterocycles. The van der Waals surface area contributed by atoms with E-state index in [0.29, 0.717) is 18.2 Å². The third-order valence-corrected chi connectivity index (χ3v) is 4.15. The average Bonchev–Trinajstić information content (AvgIpc) is 3.03. The lowest BCUT2D eigenvalue weighted by Crippen LogP contribution is -2.41. The number of carbonyl (C=O) groups excluding carboxylic acids is 1. The van der Waals surface area contributed by atoms with Gasteiger partial charge in [0.1, 0.15) is 5.76 Å². The molecule has 2 fully saturated rings. The summed E-state index contributed by atoms with van der Waals surface area (Å²) in [6.07, 6.45) is -2.13. The first kappa shape index (κ1) is 15.3. The molecule has 1 amide bonds. The van der Waals surface area contributed by atoms with E-state index in [1.165, 1.54) is 4.90 Å². The third kappa shape index (κ3) is 3.60. The summed E-state index contributed by atoms with van der Waals surface area (Å²) in [6.45, 7) is 1.40. The van der Waals surface area contributed by atoms with Gasteiger partial charge in [0.15, 0.2) is 5.69 Å². The highest BCUT2D eigenvalue weighted by Crippen LogP contribution is 2.40. The molecule has 8 heteroatoms. The Morgan fingerprint density at radius 3 is 2.82 bits per heavy atom. The molecule has 1 saturated carbocycles. The summed E-state index contributed by atoms with van der Waals surface area (Å²) in [5.41, 5.74) is 0.198. The zero-order chi connectivity index (χ0) is 15.9. The van der Waals surface area contributed by atoms with Crippen LogP contribution in [0, 0.1) is 5.92 Å². The Morgan fingerprint density at radius 1 is 1.45 bits per heavy atom. The summed E-state index contributed by atoms with van der Waals surface area (Å²) >= 11 is 0. The Kier molecular flexibility index (Phi) is 3.88. The quantitative estimate of drug-likeness (QED) is 0.924. The van der Waals surface area contributed by atoms with Crippen LogP contribution in [0.3, 0.4) is 0 Å². The van der Waals surface area contributed by atoms with Gasteiger partial charge in [0.25, 0.3) is 5.91 Å². The second-order valence-corrected chi connectivity index (χ2v) is 6.26. The number of carbonyl (C=O) groups is 1. The van der Waals surface area contributed by atoms with Crippen LogP contribution < -0.4 is 5.32 Å². The normalized spacial score (nSPS) is 26.4. The molecule has 0 aromatic carbocycles. The summed E-state index contributed by atoms with van der Waals surface area (Å²) < 4.78 is 42.4. The van der Waals surface area contributed by atoms with Crippen LogP contribution in [0.4, 0.5) is 13.2 Å². The second-order valence-electron chi connectivity index (χ2n) is 6.26. The molecular weight excluding hydrogens is 299 g/mol. The number of amides is 1. The van der Waals surface area contributed by atoms with Gasteiger partial charge < -0.3 is 9.84 Å². The number of halogens is 3. The third-order valence-electron chi connectivity index (χ3n) is 4.15. The number of nitrogens with zero attached hydrogens (tertiary/aromatic N) is 2. The maximum atomic E-state index is 12.4. The van der Waals surface area contributed by atoms with E-state index in [-0.39, 0.29) is 30.1 Å². The lowest BCUT2D eigenvalue weighted by atomic mass is 10.1. The van der Waals surface area contributed by atoms with Gasteiger partial charge in [-0.2, -0.15) is 13.2 Å². The fourth-order valence-corrected chi connectivity index (χ4v) is 2.84. The number of nitrogens with one attached hydrogen (secondary N) is 1. The Morgan fingerprint density at radius 2 is 2.18 bits per heavy atom. The smallest absolute Gasteiger partial charge is 0.360 e. The van der Waals surface area contributed by atoms with Gasteiger partial charge in [-0.05, 0) is 18.8 Å². The zero-order valence-corrected chi connectivity index (χ0v) is 12.2. The van der Waals surface area contributed by atoms with Crippen LogP contribution in [0.1, 0.15) is 41.9 Å². The predicted octanol–water partition coefficient (Wildman–Crippen LogP) is 2.16. The first-order valence-electron chi connectivity index (χ1n) is 7.38. The average molecular weight is 317 g/mol. The molecule has 2 atom stereocenters. The fraction of sp³-hybridized carbons (Fsp3) is 0.714. The maximum Gasteiger partial charge on any atom is 0.401 e. The molecule has 122 valence electrons. The molecule has 0 bridgehead atoms. The molecule has 0 spiro atoms. The number of likely N-dealkylation sites (tertiary alicyclic amines) is 1. The number of hydrogen-bond donors (Lipinski definition) is 1. The molecule has 5 nitrogen and oxygen atoms in total. The van der Waals surface area contributed by atoms with Gasteiger partial charge in [0.2, 0.25) is 0 Å². The van der Waals surface area contributed by atoms with Crippen molar-refractivity contribution in [2.75, 3.05) is 19.6 Å². The van der Waals surface area contributed by atoms with E-state index >= 15 is 0 Å². The minimum atomic E-state index is -4.22.